The maximum absolute atomic E-state index is 12.5. The topological polar surface area (TPSA) is 79.2 Å². The molecule has 2 bridgehead atoms. The average Bonchev–Trinajstić information content (AvgIpc) is 3.28. The predicted octanol–water partition coefficient (Wildman–Crippen LogP) is 4.66. The van der Waals surface area contributed by atoms with Crippen molar-refractivity contribution in [2.75, 3.05) is 0 Å². The molecule has 7 aliphatic rings. The van der Waals surface area contributed by atoms with Gasteiger partial charge < -0.3 is 24.8 Å². The van der Waals surface area contributed by atoms with Crippen molar-refractivity contribution in [2.24, 2.45) is 50.7 Å². The minimum Gasteiger partial charge on any atom is -0.393 e. The summed E-state index contributed by atoms with van der Waals surface area (Å²) in [6.45, 7) is 15.4. The van der Waals surface area contributed by atoms with Crippen LogP contribution in [0.5, 0.6) is 0 Å². The summed E-state index contributed by atoms with van der Waals surface area (Å²) in [4.78, 5) is 0. The van der Waals surface area contributed by atoms with Gasteiger partial charge in [0.1, 0.15) is 12.2 Å². The zero-order valence-corrected chi connectivity index (χ0v) is 22.9. The van der Waals surface area contributed by atoms with Crippen LogP contribution in [0.25, 0.3) is 0 Å². The molecular formula is C30H48O5. The summed E-state index contributed by atoms with van der Waals surface area (Å²) in [7, 11) is 0. The number of ether oxygens (including phenoxy) is 2. The van der Waals surface area contributed by atoms with Crippen LogP contribution in [0.1, 0.15) is 99.8 Å². The summed E-state index contributed by atoms with van der Waals surface area (Å²) in [6.07, 6.45) is 7.36. The molecule has 0 amide bonds. The van der Waals surface area contributed by atoms with Crippen LogP contribution in [0, 0.1) is 50.7 Å². The van der Waals surface area contributed by atoms with Gasteiger partial charge in [-0.25, -0.2) is 0 Å². The van der Waals surface area contributed by atoms with Crippen molar-refractivity contribution in [1.29, 1.82) is 0 Å². The Balaban J connectivity index is 1.33. The Kier molecular flexibility index (Phi) is 4.32. The van der Waals surface area contributed by atoms with Crippen LogP contribution in [-0.4, -0.2) is 51.1 Å². The summed E-state index contributed by atoms with van der Waals surface area (Å²) in [5.41, 5.74) is -0.788. The first-order valence-electron chi connectivity index (χ1n) is 14.6. The largest absolute Gasteiger partial charge is 0.393 e. The van der Waals surface area contributed by atoms with Gasteiger partial charge in [0.2, 0.25) is 0 Å². The average molecular weight is 489 g/mol. The van der Waals surface area contributed by atoms with E-state index in [1.54, 1.807) is 0 Å². The molecule has 5 nitrogen and oxygen atoms in total. The molecule has 13 atom stereocenters. The Morgan fingerprint density at radius 3 is 2.20 bits per heavy atom. The van der Waals surface area contributed by atoms with Crippen molar-refractivity contribution < 1.29 is 24.8 Å². The third-order valence-corrected chi connectivity index (χ3v) is 14.2. The summed E-state index contributed by atoms with van der Waals surface area (Å²) in [5.74, 6) is 0.523. The molecule has 7 rings (SSSR count). The lowest BCUT2D eigenvalue weighted by Gasteiger charge is -2.63. The summed E-state index contributed by atoms with van der Waals surface area (Å²) in [5, 5.41) is 34.4. The third kappa shape index (κ3) is 2.30. The van der Waals surface area contributed by atoms with Crippen molar-refractivity contribution in [3.63, 3.8) is 0 Å². The van der Waals surface area contributed by atoms with E-state index in [0.29, 0.717) is 23.2 Å². The minimum atomic E-state index is -1.01. The molecule has 0 aromatic heterocycles. The molecule has 2 heterocycles. The van der Waals surface area contributed by atoms with Crippen LogP contribution < -0.4 is 0 Å². The van der Waals surface area contributed by atoms with Crippen molar-refractivity contribution in [1.82, 2.24) is 0 Å². The number of hydrogen-bond acceptors (Lipinski definition) is 5. The van der Waals surface area contributed by atoms with Crippen LogP contribution >= 0.6 is 0 Å². The Bertz CT molecular complexity index is 957. The first-order valence-corrected chi connectivity index (χ1v) is 14.6. The fraction of sp³-hybridized carbons (Fsp3) is 1.00. The highest BCUT2D eigenvalue weighted by Gasteiger charge is 2.88. The van der Waals surface area contributed by atoms with Gasteiger partial charge in [0, 0.05) is 11.3 Å². The molecule has 0 radical (unpaired) electrons. The Hall–Kier alpha value is -0.200. The monoisotopic (exact) mass is 488 g/mol. The second kappa shape index (κ2) is 6.33. The van der Waals surface area contributed by atoms with Crippen molar-refractivity contribution >= 4 is 0 Å². The van der Waals surface area contributed by atoms with E-state index in [1.165, 1.54) is 12.8 Å². The highest BCUT2D eigenvalue weighted by atomic mass is 16.8. The van der Waals surface area contributed by atoms with E-state index in [2.05, 4.69) is 34.6 Å². The maximum Gasteiger partial charge on any atom is 0.199 e. The number of aliphatic hydroxyl groups is 3. The van der Waals surface area contributed by atoms with Gasteiger partial charge in [-0.05, 0) is 105 Å². The number of rotatable bonds is 1. The van der Waals surface area contributed by atoms with E-state index in [9.17, 15) is 15.3 Å². The van der Waals surface area contributed by atoms with Gasteiger partial charge in [-0.15, -0.1) is 0 Å². The molecule has 7 fully saturated rings. The SMILES string of the molecule is C[C@@H]1C[C@H]2O[C@]3(O[C@@H]2C(C)(C)O)[C@H](O)[C@@]2(C)[C@@H]4CC[C@H]5C(C)(C)[C@@H](O)CC[C@@]56CC46CC[C@]2(C)[C@@H]13. The maximum atomic E-state index is 12.5. The fourth-order valence-electron chi connectivity index (χ4n) is 12.7. The summed E-state index contributed by atoms with van der Waals surface area (Å²) >= 11 is 0. The molecule has 2 aliphatic heterocycles. The molecule has 1 unspecified atom stereocenters. The molecule has 0 aromatic carbocycles. The molecule has 2 saturated heterocycles. The van der Waals surface area contributed by atoms with E-state index < -0.39 is 23.6 Å². The zero-order valence-electron chi connectivity index (χ0n) is 22.9. The van der Waals surface area contributed by atoms with Crippen LogP contribution in [-0.2, 0) is 9.47 Å². The minimum absolute atomic E-state index is 0.0331. The fourth-order valence-corrected chi connectivity index (χ4v) is 12.7. The molecule has 5 heteroatoms. The first-order chi connectivity index (χ1) is 16.1. The Labute approximate surface area is 211 Å². The highest BCUT2D eigenvalue weighted by molar-refractivity contribution is 5.34. The lowest BCUT2D eigenvalue weighted by atomic mass is 9.41. The van der Waals surface area contributed by atoms with E-state index in [1.807, 2.05) is 13.8 Å². The molecular weight excluding hydrogens is 440 g/mol. The van der Waals surface area contributed by atoms with Crippen LogP contribution in [0.15, 0.2) is 0 Å². The number of hydrogen-bond donors (Lipinski definition) is 3. The van der Waals surface area contributed by atoms with Gasteiger partial charge in [-0.3, -0.25) is 0 Å². The molecule has 3 N–H and O–H groups in total. The first kappa shape index (κ1) is 23.9. The van der Waals surface area contributed by atoms with E-state index in [-0.39, 0.29) is 39.8 Å². The van der Waals surface area contributed by atoms with Gasteiger partial charge in [-0.1, -0.05) is 34.6 Å². The van der Waals surface area contributed by atoms with E-state index >= 15 is 0 Å². The van der Waals surface area contributed by atoms with Crippen LogP contribution in [0.3, 0.4) is 0 Å². The van der Waals surface area contributed by atoms with Gasteiger partial charge in [0.25, 0.3) is 0 Å². The molecule has 35 heavy (non-hydrogen) atoms. The van der Waals surface area contributed by atoms with Crippen molar-refractivity contribution in [3.05, 3.63) is 0 Å². The smallest absolute Gasteiger partial charge is 0.199 e. The normalized spacial score (nSPS) is 63.9. The standard InChI is InChI=1S/C30H48O5/c1-16-14-17-22(25(4,5)33)35-30(34-17)21(16)26(6)12-13-29-15-28(29)11-10-20(31)24(2,3)18(28)8-9-19(29)27(26,7)23(30)32/h16-23,31-33H,8-15H2,1-7H3/t16-,17-,18+,19+,20+,21-,22+,23-,26-,27-,28-,29?,30-/m1/s1. The lowest BCUT2D eigenvalue weighted by Crippen LogP contribution is -2.60. The van der Waals surface area contributed by atoms with Gasteiger partial charge in [-0.2, -0.15) is 0 Å². The molecule has 5 aliphatic carbocycles. The van der Waals surface area contributed by atoms with Gasteiger partial charge in [0.05, 0.1) is 17.8 Å². The van der Waals surface area contributed by atoms with Crippen molar-refractivity contribution in [2.45, 2.75) is 136 Å². The summed E-state index contributed by atoms with van der Waals surface area (Å²) < 4.78 is 13.6. The predicted molar refractivity (Wildman–Crippen MR) is 132 cm³/mol. The summed E-state index contributed by atoms with van der Waals surface area (Å²) in [6, 6.07) is 0. The Morgan fingerprint density at radius 2 is 1.51 bits per heavy atom. The highest BCUT2D eigenvalue weighted by Crippen LogP contribution is 2.90. The third-order valence-electron chi connectivity index (χ3n) is 14.2. The second-order valence-corrected chi connectivity index (χ2v) is 15.9. The van der Waals surface area contributed by atoms with E-state index in [4.69, 9.17) is 9.47 Å². The Morgan fingerprint density at radius 1 is 0.857 bits per heavy atom. The van der Waals surface area contributed by atoms with Crippen LogP contribution in [0.4, 0.5) is 0 Å². The molecule has 5 saturated carbocycles. The van der Waals surface area contributed by atoms with Crippen LogP contribution in [0.2, 0.25) is 0 Å². The second-order valence-electron chi connectivity index (χ2n) is 15.9. The van der Waals surface area contributed by atoms with Gasteiger partial charge in [0.15, 0.2) is 5.79 Å². The lowest BCUT2D eigenvalue weighted by molar-refractivity contribution is -0.282. The number of aliphatic hydroxyl groups excluding tert-OH is 2. The van der Waals surface area contributed by atoms with E-state index in [0.717, 1.165) is 38.5 Å². The van der Waals surface area contributed by atoms with Crippen molar-refractivity contribution in [3.8, 4) is 0 Å². The zero-order chi connectivity index (χ0) is 25.2. The molecule has 3 spiro atoms. The number of fused-ring (bicyclic) bond motifs is 4. The molecule has 0 aromatic rings. The van der Waals surface area contributed by atoms with Gasteiger partial charge >= 0.3 is 0 Å². The quantitative estimate of drug-likeness (QED) is 0.500. The molecule has 198 valence electrons.